The molecule has 0 bridgehead atoms. The largest absolute Gasteiger partial charge is 0.343 e. The fourth-order valence-electron chi connectivity index (χ4n) is 2.52. The third kappa shape index (κ3) is 5.08. The zero-order valence-electron chi connectivity index (χ0n) is 12.1. The first-order valence-corrected chi connectivity index (χ1v) is 8.80. The first kappa shape index (κ1) is 15.9. The zero-order chi connectivity index (χ0) is 15.1. The van der Waals surface area contributed by atoms with Gasteiger partial charge in [-0.25, -0.2) is 0 Å². The highest BCUT2D eigenvalue weighted by Crippen LogP contribution is 2.13. The zero-order valence-corrected chi connectivity index (χ0v) is 12.9. The summed E-state index contributed by atoms with van der Waals surface area (Å²) in [4.78, 5) is 25.0. The Kier molecular flexibility index (Phi) is 6.11. The van der Waals surface area contributed by atoms with E-state index in [2.05, 4.69) is 0 Å². The second-order valence-electron chi connectivity index (χ2n) is 5.42. The molecule has 0 N–H and O–H groups in total. The molecule has 1 aromatic carbocycles. The van der Waals surface area contributed by atoms with Crippen LogP contribution in [0, 0.1) is 5.92 Å². The van der Waals surface area contributed by atoms with E-state index in [0.29, 0.717) is 5.75 Å². The molecule has 5 heteroatoms. The van der Waals surface area contributed by atoms with Crippen LogP contribution < -0.4 is 0 Å². The van der Waals surface area contributed by atoms with Gasteiger partial charge in [-0.15, -0.1) is 0 Å². The summed E-state index contributed by atoms with van der Waals surface area (Å²) in [5.74, 6) is 0.269. The SMILES string of the molecule is O=CC(CC(=O)N1CCCC1)CS(=O)Cc1ccccc1. The van der Waals surface area contributed by atoms with Crippen molar-refractivity contribution in [1.29, 1.82) is 0 Å². The molecule has 1 aliphatic rings. The lowest BCUT2D eigenvalue weighted by Crippen LogP contribution is -2.31. The highest BCUT2D eigenvalue weighted by Gasteiger charge is 2.22. The number of rotatable bonds is 7. The van der Waals surface area contributed by atoms with Gasteiger partial charge in [0.1, 0.15) is 6.29 Å². The molecule has 2 rings (SSSR count). The highest BCUT2D eigenvalue weighted by atomic mass is 32.2. The van der Waals surface area contributed by atoms with Crippen molar-refractivity contribution >= 4 is 23.0 Å². The van der Waals surface area contributed by atoms with Crippen LogP contribution in [0.25, 0.3) is 0 Å². The van der Waals surface area contributed by atoms with E-state index in [9.17, 15) is 13.8 Å². The molecule has 4 nitrogen and oxygen atoms in total. The molecule has 1 aliphatic heterocycles. The molecule has 1 aromatic rings. The minimum Gasteiger partial charge on any atom is -0.343 e. The molecular weight excluding hydrogens is 286 g/mol. The maximum Gasteiger partial charge on any atom is 0.223 e. The van der Waals surface area contributed by atoms with E-state index in [0.717, 1.165) is 37.8 Å². The monoisotopic (exact) mass is 307 g/mol. The molecule has 2 atom stereocenters. The van der Waals surface area contributed by atoms with Crippen molar-refractivity contribution in [3.05, 3.63) is 35.9 Å². The van der Waals surface area contributed by atoms with Crippen molar-refractivity contribution in [2.75, 3.05) is 18.8 Å². The Balaban J connectivity index is 1.82. The lowest BCUT2D eigenvalue weighted by Gasteiger charge is -2.17. The summed E-state index contributed by atoms with van der Waals surface area (Å²) in [6, 6.07) is 9.56. The minimum absolute atomic E-state index is 0.0151. The molecule has 0 radical (unpaired) electrons. The number of carbonyl (C=O) groups is 2. The second kappa shape index (κ2) is 8.08. The van der Waals surface area contributed by atoms with E-state index < -0.39 is 16.7 Å². The van der Waals surface area contributed by atoms with Gasteiger partial charge in [0.15, 0.2) is 0 Å². The fraction of sp³-hybridized carbons (Fsp3) is 0.500. The summed E-state index contributed by atoms with van der Waals surface area (Å²) in [5.41, 5.74) is 0.992. The lowest BCUT2D eigenvalue weighted by atomic mass is 10.1. The third-order valence-electron chi connectivity index (χ3n) is 3.66. The Morgan fingerprint density at radius 3 is 2.52 bits per heavy atom. The number of benzene rings is 1. The van der Waals surface area contributed by atoms with Gasteiger partial charge in [0.2, 0.25) is 5.91 Å². The maximum atomic E-state index is 12.1. The molecule has 0 aliphatic carbocycles. The predicted molar refractivity (Wildman–Crippen MR) is 83.1 cm³/mol. The summed E-state index contributed by atoms with van der Waals surface area (Å²) in [5, 5.41) is 0. The number of hydrogen-bond acceptors (Lipinski definition) is 3. The summed E-state index contributed by atoms with van der Waals surface area (Å²) in [6.45, 7) is 1.58. The van der Waals surface area contributed by atoms with Gasteiger partial charge in [0, 0.05) is 47.7 Å². The topological polar surface area (TPSA) is 54.5 Å². The number of carbonyl (C=O) groups excluding carboxylic acids is 2. The Labute approximate surface area is 128 Å². The van der Waals surface area contributed by atoms with Gasteiger partial charge in [-0.05, 0) is 18.4 Å². The Morgan fingerprint density at radius 1 is 1.24 bits per heavy atom. The third-order valence-corrected chi connectivity index (χ3v) is 5.11. The molecule has 1 heterocycles. The van der Waals surface area contributed by atoms with Crippen LogP contribution in [0.2, 0.25) is 0 Å². The number of likely N-dealkylation sites (tertiary alicyclic amines) is 1. The number of hydrogen-bond donors (Lipinski definition) is 0. The molecule has 0 saturated carbocycles. The van der Waals surface area contributed by atoms with Crippen LogP contribution in [0.1, 0.15) is 24.8 Å². The van der Waals surface area contributed by atoms with Gasteiger partial charge < -0.3 is 9.69 Å². The van der Waals surface area contributed by atoms with E-state index in [4.69, 9.17) is 0 Å². The van der Waals surface area contributed by atoms with Crippen LogP contribution in [-0.2, 0) is 26.1 Å². The standard InChI is InChI=1S/C16H21NO3S/c18-11-15(10-16(19)17-8-4-5-9-17)13-21(20)12-14-6-2-1-3-7-14/h1-3,6-7,11,15H,4-5,8-10,12-13H2. The summed E-state index contributed by atoms with van der Waals surface area (Å²) in [7, 11) is -1.12. The smallest absolute Gasteiger partial charge is 0.223 e. The molecule has 1 saturated heterocycles. The number of amides is 1. The van der Waals surface area contributed by atoms with Gasteiger partial charge in [0.05, 0.1) is 0 Å². The lowest BCUT2D eigenvalue weighted by molar-refractivity contribution is -0.132. The van der Waals surface area contributed by atoms with Crippen molar-refractivity contribution in [3.8, 4) is 0 Å². The highest BCUT2D eigenvalue weighted by molar-refractivity contribution is 7.84. The van der Waals surface area contributed by atoms with Crippen molar-refractivity contribution in [3.63, 3.8) is 0 Å². The average molecular weight is 307 g/mol. The molecule has 1 amide bonds. The normalized spacial score (nSPS) is 17.4. The summed E-state index contributed by atoms with van der Waals surface area (Å²) in [6.07, 6.45) is 3.04. The minimum atomic E-state index is -1.12. The van der Waals surface area contributed by atoms with Crippen molar-refractivity contribution in [2.45, 2.75) is 25.0 Å². The molecule has 1 fully saturated rings. The number of nitrogens with zero attached hydrogens (tertiary/aromatic N) is 1. The fourth-order valence-corrected chi connectivity index (χ4v) is 3.88. The first-order chi connectivity index (χ1) is 10.2. The van der Waals surface area contributed by atoms with E-state index in [1.54, 1.807) is 4.90 Å². The first-order valence-electron chi connectivity index (χ1n) is 7.31. The van der Waals surface area contributed by atoms with Gasteiger partial charge in [-0.1, -0.05) is 30.3 Å². The van der Waals surface area contributed by atoms with Crippen molar-refractivity contribution in [2.24, 2.45) is 5.92 Å². The molecule has 0 spiro atoms. The summed E-state index contributed by atoms with van der Waals surface area (Å²) >= 11 is 0. The molecular formula is C16H21NO3S. The average Bonchev–Trinajstić information content (AvgIpc) is 3.01. The van der Waals surface area contributed by atoms with E-state index in [-0.39, 0.29) is 18.1 Å². The van der Waals surface area contributed by atoms with Crippen LogP contribution in [-0.4, -0.2) is 40.1 Å². The van der Waals surface area contributed by atoms with Crippen LogP contribution in [0.5, 0.6) is 0 Å². The Morgan fingerprint density at radius 2 is 1.90 bits per heavy atom. The second-order valence-corrected chi connectivity index (χ2v) is 6.93. The molecule has 2 unspecified atom stereocenters. The van der Waals surface area contributed by atoms with Crippen LogP contribution >= 0.6 is 0 Å². The van der Waals surface area contributed by atoms with Crippen LogP contribution in [0.4, 0.5) is 0 Å². The van der Waals surface area contributed by atoms with Gasteiger partial charge >= 0.3 is 0 Å². The van der Waals surface area contributed by atoms with Crippen LogP contribution in [0.15, 0.2) is 30.3 Å². The van der Waals surface area contributed by atoms with E-state index in [1.807, 2.05) is 30.3 Å². The molecule has 114 valence electrons. The van der Waals surface area contributed by atoms with E-state index >= 15 is 0 Å². The van der Waals surface area contributed by atoms with Crippen molar-refractivity contribution in [1.82, 2.24) is 4.90 Å². The Bertz CT molecular complexity index is 498. The number of aldehydes is 1. The van der Waals surface area contributed by atoms with E-state index in [1.165, 1.54) is 0 Å². The molecule has 0 aromatic heterocycles. The quantitative estimate of drug-likeness (QED) is 0.721. The maximum absolute atomic E-state index is 12.1. The predicted octanol–water partition coefficient (Wildman–Crippen LogP) is 1.76. The van der Waals surface area contributed by atoms with Crippen LogP contribution in [0.3, 0.4) is 0 Å². The summed E-state index contributed by atoms with van der Waals surface area (Å²) < 4.78 is 12.1. The van der Waals surface area contributed by atoms with Crippen molar-refractivity contribution < 1.29 is 13.8 Å². The molecule has 21 heavy (non-hydrogen) atoms. The van der Waals surface area contributed by atoms with Gasteiger partial charge in [-0.2, -0.15) is 0 Å². The van der Waals surface area contributed by atoms with Gasteiger partial charge in [-0.3, -0.25) is 9.00 Å². The van der Waals surface area contributed by atoms with Gasteiger partial charge in [0.25, 0.3) is 0 Å². The Hall–Kier alpha value is -1.49.